The van der Waals surface area contributed by atoms with E-state index in [1.165, 1.54) is 31.2 Å². The van der Waals surface area contributed by atoms with Crippen LogP contribution < -0.4 is 0 Å². The van der Waals surface area contributed by atoms with Crippen LogP contribution in [0.2, 0.25) is 0 Å². The van der Waals surface area contributed by atoms with E-state index in [0.29, 0.717) is 0 Å². The van der Waals surface area contributed by atoms with Crippen LogP contribution in [-0.4, -0.2) is 0 Å². The van der Waals surface area contributed by atoms with E-state index in [2.05, 4.69) is 72.4 Å². The molecule has 0 aliphatic heterocycles. The van der Waals surface area contributed by atoms with Gasteiger partial charge in [0.1, 0.15) is 0 Å². The maximum atomic E-state index is 3.14. The number of halogens is 2. The number of hydrogen-bond acceptors (Lipinski definition) is 0. The summed E-state index contributed by atoms with van der Waals surface area (Å²) < 4.78 is 0. The summed E-state index contributed by atoms with van der Waals surface area (Å²) in [6, 6.07) is 6.32. The summed E-state index contributed by atoms with van der Waals surface area (Å²) in [5.74, 6) is 6.06. The highest BCUT2D eigenvalue weighted by molar-refractivity contribution is 9.12. The van der Waals surface area contributed by atoms with Gasteiger partial charge in [0.25, 0.3) is 0 Å². The average molecular weight is 368 g/mol. The van der Waals surface area contributed by atoms with E-state index in [9.17, 15) is 0 Å². The summed E-state index contributed by atoms with van der Waals surface area (Å²) in [6.07, 6.45) is 6.23. The van der Waals surface area contributed by atoms with Gasteiger partial charge >= 0.3 is 0 Å². The Morgan fingerprint density at radius 3 is 2.00 bits per heavy atom. The third-order valence-electron chi connectivity index (χ3n) is 2.69. The van der Waals surface area contributed by atoms with Crippen LogP contribution in [-0.2, 0) is 6.42 Å². The van der Waals surface area contributed by atoms with E-state index in [-0.39, 0.29) is 0 Å². The number of rotatable bonds is 5. The van der Waals surface area contributed by atoms with Crippen LogP contribution in [0.25, 0.3) is 0 Å². The van der Waals surface area contributed by atoms with Crippen molar-refractivity contribution >= 4 is 31.9 Å². The maximum absolute atomic E-state index is 3.14. The van der Waals surface area contributed by atoms with Crippen molar-refractivity contribution in [1.29, 1.82) is 0 Å². The van der Waals surface area contributed by atoms with E-state index in [1.54, 1.807) is 0 Å². The molecule has 94 valence electrons. The van der Waals surface area contributed by atoms with Gasteiger partial charge in [-0.2, -0.15) is 0 Å². The molecule has 0 aliphatic rings. The third-order valence-corrected chi connectivity index (χ3v) is 3.09. The molecule has 0 bridgehead atoms. The van der Waals surface area contributed by atoms with Crippen molar-refractivity contribution in [1.82, 2.24) is 0 Å². The molecule has 0 atom stereocenters. The van der Waals surface area contributed by atoms with E-state index in [4.69, 9.17) is 0 Å². The molecule has 0 unspecified atom stereocenters. The number of aryl methyl sites for hydroxylation is 1. The van der Waals surface area contributed by atoms with Crippen molar-refractivity contribution in [2.45, 2.75) is 39.0 Å². The summed E-state index contributed by atoms with van der Waals surface area (Å²) in [5.41, 5.74) is 3.36. The van der Waals surface area contributed by atoms with Crippen molar-refractivity contribution in [2.75, 3.05) is 0 Å². The molecule has 0 heterocycles. The molecule has 0 saturated carbocycles. The molecule has 0 N–H and O–H groups in total. The Labute approximate surface area is 127 Å². The largest absolute Gasteiger partial charge is 0.0654 e. The SMILES string of the molecule is CCCCCCc1cc(C#CBr)cc(C#CBr)c1. The zero-order valence-electron chi connectivity index (χ0n) is 10.5. The average Bonchev–Trinajstić information content (AvgIpc) is 2.35. The standard InChI is InChI=1S/C16H16Br2/c1-2-3-4-5-6-14-11-15(7-9-17)13-16(12-14)8-10-18/h11-13H,2-6H2,1H3. The first-order valence-corrected chi connectivity index (χ1v) is 7.76. The number of unbranched alkanes of at least 4 members (excludes halogenated alkanes) is 3. The van der Waals surface area contributed by atoms with Gasteiger partial charge in [0.15, 0.2) is 0 Å². The lowest BCUT2D eigenvalue weighted by Crippen LogP contribution is -1.90. The molecule has 0 aromatic heterocycles. The summed E-state index contributed by atoms with van der Waals surface area (Å²) in [5, 5.41) is 0. The summed E-state index contributed by atoms with van der Waals surface area (Å²) >= 11 is 6.28. The zero-order chi connectivity index (χ0) is 13.2. The minimum absolute atomic E-state index is 1.02. The second kappa shape index (κ2) is 9.26. The first-order valence-electron chi connectivity index (χ1n) is 6.17. The molecule has 1 rings (SSSR count). The van der Waals surface area contributed by atoms with Gasteiger partial charge < -0.3 is 0 Å². The summed E-state index contributed by atoms with van der Waals surface area (Å²) in [6.45, 7) is 2.23. The van der Waals surface area contributed by atoms with Crippen molar-refractivity contribution in [3.8, 4) is 21.5 Å². The molecular formula is C16H16Br2. The molecule has 0 saturated heterocycles. The van der Waals surface area contributed by atoms with Crippen LogP contribution in [0.3, 0.4) is 0 Å². The Hall–Kier alpha value is -0.700. The van der Waals surface area contributed by atoms with E-state index in [0.717, 1.165) is 17.5 Å². The van der Waals surface area contributed by atoms with Crippen LogP contribution in [0, 0.1) is 21.5 Å². The predicted octanol–water partition coefficient (Wildman–Crippen LogP) is 5.22. The quantitative estimate of drug-likeness (QED) is 0.494. The van der Waals surface area contributed by atoms with E-state index >= 15 is 0 Å². The lowest BCUT2D eigenvalue weighted by atomic mass is 10.0. The minimum atomic E-state index is 1.02. The molecular weight excluding hydrogens is 352 g/mol. The summed E-state index contributed by atoms with van der Waals surface area (Å²) in [7, 11) is 0. The predicted molar refractivity (Wildman–Crippen MR) is 85.9 cm³/mol. The third kappa shape index (κ3) is 5.76. The maximum Gasteiger partial charge on any atom is 0.0269 e. The lowest BCUT2D eigenvalue weighted by Gasteiger charge is -2.03. The smallest absolute Gasteiger partial charge is 0.0269 e. The zero-order valence-corrected chi connectivity index (χ0v) is 13.7. The molecule has 1 aromatic carbocycles. The van der Waals surface area contributed by atoms with E-state index in [1.807, 2.05) is 6.07 Å². The second-order valence-corrected chi connectivity index (χ2v) is 4.96. The van der Waals surface area contributed by atoms with Gasteiger partial charge in [-0.1, -0.05) is 38.0 Å². The number of benzene rings is 1. The number of hydrogen-bond donors (Lipinski definition) is 0. The molecule has 1 aromatic rings. The monoisotopic (exact) mass is 366 g/mol. The normalized spacial score (nSPS) is 9.06. The highest BCUT2D eigenvalue weighted by Gasteiger charge is 1.99. The lowest BCUT2D eigenvalue weighted by molar-refractivity contribution is 0.667. The van der Waals surface area contributed by atoms with Crippen LogP contribution in [0.15, 0.2) is 18.2 Å². The Balaban J connectivity index is 2.80. The molecule has 0 spiro atoms. The summed E-state index contributed by atoms with van der Waals surface area (Å²) in [4.78, 5) is 5.52. The van der Waals surface area contributed by atoms with E-state index < -0.39 is 0 Å². The fourth-order valence-corrected chi connectivity index (χ4v) is 2.30. The fourth-order valence-electron chi connectivity index (χ4n) is 1.85. The first kappa shape index (κ1) is 15.4. The van der Waals surface area contributed by atoms with Gasteiger partial charge in [0, 0.05) is 43.0 Å². The molecule has 0 fully saturated rings. The molecule has 0 nitrogen and oxygen atoms in total. The molecule has 18 heavy (non-hydrogen) atoms. The van der Waals surface area contributed by atoms with Crippen LogP contribution in [0.1, 0.15) is 49.3 Å². The van der Waals surface area contributed by atoms with Gasteiger partial charge in [-0.25, -0.2) is 0 Å². The minimum Gasteiger partial charge on any atom is -0.0654 e. The highest BCUT2D eigenvalue weighted by Crippen LogP contribution is 2.13. The molecule has 0 radical (unpaired) electrons. The Bertz CT molecular complexity index is 457. The van der Waals surface area contributed by atoms with Gasteiger partial charge in [0.2, 0.25) is 0 Å². The topological polar surface area (TPSA) is 0 Å². The Kier molecular flexibility index (Phi) is 7.90. The van der Waals surface area contributed by atoms with Gasteiger partial charge in [0.05, 0.1) is 0 Å². The molecule has 0 aliphatic carbocycles. The van der Waals surface area contributed by atoms with Crippen LogP contribution in [0.4, 0.5) is 0 Å². The second-order valence-electron chi connectivity index (χ2n) is 4.17. The van der Waals surface area contributed by atoms with Crippen molar-refractivity contribution in [3.63, 3.8) is 0 Å². The van der Waals surface area contributed by atoms with Crippen LogP contribution >= 0.6 is 31.9 Å². The van der Waals surface area contributed by atoms with Gasteiger partial charge in [-0.05, 0) is 46.3 Å². The Morgan fingerprint density at radius 1 is 0.889 bits per heavy atom. The molecule has 0 amide bonds. The van der Waals surface area contributed by atoms with Crippen LogP contribution in [0.5, 0.6) is 0 Å². The van der Waals surface area contributed by atoms with Crippen molar-refractivity contribution in [3.05, 3.63) is 34.9 Å². The highest BCUT2D eigenvalue weighted by atomic mass is 79.9. The van der Waals surface area contributed by atoms with Crippen molar-refractivity contribution in [2.24, 2.45) is 0 Å². The molecule has 2 heteroatoms. The fraction of sp³-hybridized carbons (Fsp3) is 0.375. The first-order chi connectivity index (χ1) is 8.80. The van der Waals surface area contributed by atoms with Gasteiger partial charge in [-0.3, -0.25) is 0 Å². The van der Waals surface area contributed by atoms with Crippen molar-refractivity contribution < 1.29 is 0 Å². The Morgan fingerprint density at radius 2 is 1.50 bits per heavy atom. The van der Waals surface area contributed by atoms with Gasteiger partial charge in [-0.15, -0.1) is 0 Å².